The molecule has 2 nitrogen and oxygen atoms in total. The first-order valence-corrected chi connectivity index (χ1v) is 3.17. The van der Waals surface area contributed by atoms with Crippen LogP contribution in [-0.2, 0) is 9.74 Å². The van der Waals surface area contributed by atoms with E-state index in [0.717, 1.165) is 25.7 Å². The zero-order valence-corrected chi connectivity index (χ0v) is 5.10. The number of rotatable bonds is 1. The van der Waals surface area contributed by atoms with Crippen LogP contribution in [0.1, 0.15) is 25.7 Å². The zero-order valence-electron chi connectivity index (χ0n) is 5.10. The summed E-state index contributed by atoms with van der Waals surface area (Å²) < 4.78 is 11.2. The van der Waals surface area contributed by atoms with Crippen molar-refractivity contribution in [1.82, 2.24) is 0 Å². The van der Waals surface area contributed by atoms with E-state index >= 15 is 0 Å². The van der Waals surface area contributed by atoms with Gasteiger partial charge in [-0.05, 0) is 12.8 Å². The van der Waals surface area contributed by atoms with Gasteiger partial charge in [-0.3, -0.25) is 4.94 Å². The zero-order chi connectivity index (χ0) is 6.69. The predicted molar refractivity (Wildman–Crippen MR) is 29.2 cm³/mol. The van der Waals surface area contributed by atoms with Crippen molar-refractivity contribution in [3.05, 3.63) is 0 Å². The number of carbonyl (C=O) groups is 1. The Morgan fingerprint density at radius 2 is 2.00 bits per heavy atom. The second kappa shape index (κ2) is 2.80. The fourth-order valence-corrected chi connectivity index (χ4v) is 1.22. The molecule has 0 N–H and O–H groups in total. The Morgan fingerprint density at radius 1 is 1.44 bits per heavy atom. The topological polar surface area (TPSA) is 26.3 Å². The van der Waals surface area contributed by atoms with Crippen LogP contribution in [0.5, 0.6) is 0 Å². The molecule has 0 radical (unpaired) electrons. The Hall–Kier alpha value is -0.600. The summed E-state index contributed by atoms with van der Waals surface area (Å²) in [6.45, 7) is 0. The van der Waals surface area contributed by atoms with E-state index in [1.807, 2.05) is 0 Å². The minimum Gasteiger partial charge on any atom is -0.255 e. The Kier molecular flexibility index (Phi) is 2.03. The molecule has 0 aliphatic heterocycles. The third kappa shape index (κ3) is 1.40. The first kappa shape index (κ1) is 6.52. The van der Waals surface area contributed by atoms with Crippen LogP contribution in [0.4, 0.5) is 4.53 Å². The van der Waals surface area contributed by atoms with Crippen molar-refractivity contribution in [2.75, 3.05) is 0 Å². The van der Waals surface area contributed by atoms with Crippen molar-refractivity contribution < 1.29 is 14.3 Å². The lowest BCUT2D eigenvalue weighted by atomic mass is 10.1. The molecule has 3 heteroatoms. The fourth-order valence-electron chi connectivity index (χ4n) is 1.22. The highest BCUT2D eigenvalue weighted by atomic mass is 19.3. The summed E-state index contributed by atoms with van der Waals surface area (Å²) in [7, 11) is 0. The lowest BCUT2D eigenvalue weighted by Crippen LogP contribution is -2.09. The van der Waals surface area contributed by atoms with Crippen molar-refractivity contribution in [2.45, 2.75) is 25.7 Å². The Bertz CT molecular complexity index is 108. The predicted octanol–water partition coefficient (Wildman–Crippen LogP) is 1.60. The van der Waals surface area contributed by atoms with Crippen LogP contribution in [0, 0.1) is 5.92 Å². The summed E-state index contributed by atoms with van der Waals surface area (Å²) in [5.74, 6) is -0.845. The average Bonchev–Trinajstić information content (AvgIpc) is 2.37. The summed E-state index contributed by atoms with van der Waals surface area (Å²) in [5.41, 5.74) is 0. The molecule has 9 heavy (non-hydrogen) atoms. The Morgan fingerprint density at radius 3 is 2.44 bits per heavy atom. The number of carbonyl (C=O) groups excluding carboxylic acids is 1. The molecule has 52 valence electrons. The highest BCUT2D eigenvalue weighted by molar-refractivity contribution is 5.71. The molecule has 0 saturated heterocycles. The first-order chi connectivity index (χ1) is 4.34. The average molecular weight is 132 g/mol. The molecule has 0 amide bonds. The van der Waals surface area contributed by atoms with Gasteiger partial charge >= 0.3 is 5.97 Å². The lowest BCUT2D eigenvalue weighted by Gasteiger charge is -1.99. The molecule has 0 aromatic carbocycles. The maximum Gasteiger partial charge on any atom is 0.351 e. The molecule has 0 aromatic rings. The summed E-state index contributed by atoms with van der Waals surface area (Å²) in [5, 5.41) is 0. The molecule has 0 spiro atoms. The van der Waals surface area contributed by atoms with E-state index < -0.39 is 5.97 Å². The fraction of sp³-hybridized carbons (Fsp3) is 0.833. The van der Waals surface area contributed by atoms with Crippen LogP contribution >= 0.6 is 0 Å². The molecule has 1 saturated carbocycles. The van der Waals surface area contributed by atoms with Crippen LogP contribution in [-0.4, -0.2) is 5.97 Å². The smallest absolute Gasteiger partial charge is 0.255 e. The molecule has 1 rings (SSSR count). The van der Waals surface area contributed by atoms with Crippen molar-refractivity contribution in [2.24, 2.45) is 5.92 Å². The molecule has 0 atom stereocenters. The molecule has 0 unspecified atom stereocenters. The van der Waals surface area contributed by atoms with E-state index in [1.54, 1.807) is 0 Å². The largest absolute Gasteiger partial charge is 0.351 e. The highest BCUT2D eigenvalue weighted by Crippen LogP contribution is 2.25. The van der Waals surface area contributed by atoms with Gasteiger partial charge in [-0.2, -0.15) is 0 Å². The van der Waals surface area contributed by atoms with Crippen LogP contribution in [0.15, 0.2) is 0 Å². The molecule has 1 fully saturated rings. The van der Waals surface area contributed by atoms with Crippen molar-refractivity contribution in [3.8, 4) is 0 Å². The molecule has 1 aliphatic carbocycles. The van der Waals surface area contributed by atoms with Gasteiger partial charge in [0, 0.05) is 4.53 Å². The highest BCUT2D eigenvalue weighted by Gasteiger charge is 2.24. The van der Waals surface area contributed by atoms with Crippen LogP contribution in [0.2, 0.25) is 0 Å². The van der Waals surface area contributed by atoms with E-state index in [9.17, 15) is 9.32 Å². The van der Waals surface area contributed by atoms with Gasteiger partial charge in [0.05, 0.1) is 5.92 Å². The van der Waals surface area contributed by atoms with Crippen LogP contribution in [0.25, 0.3) is 0 Å². The number of halogens is 1. The van der Waals surface area contributed by atoms with Gasteiger partial charge in [-0.1, -0.05) is 12.8 Å². The lowest BCUT2D eigenvalue weighted by molar-refractivity contribution is -0.188. The molecular formula is C6H9FO2. The molecule has 0 aromatic heterocycles. The standard InChI is InChI=1S/C6H9FO2/c7-9-6(8)5-3-1-2-4-5/h5H,1-4H2. The summed E-state index contributed by atoms with van der Waals surface area (Å²) in [6.07, 6.45) is 3.64. The van der Waals surface area contributed by atoms with Crippen LogP contribution < -0.4 is 0 Å². The molecule has 1 aliphatic rings. The van der Waals surface area contributed by atoms with Crippen molar-refractivity contribution >= 4 is 5.97 Å². The van der Waals surface area contributed by atoms with Gasteiger partial charge in [-0.15, -0.1) is 0 Å². The Labute approximate surface area is 52.9 Å². The van der Waals surface area contributed by atoms with Gasteiger partial charge in [0.2, 0.25) is 0 Å². The van der Waals surface area contributed by atoms with Gasteiger partial charge in [0.15, 0.2) is 0 Å². The second-order valence-corrected chi connectivity index (χ2v) is 2.38. The second-order valence-electron chi connectivity index (χ2n) is 2.38. The van der Waals surface area contributed by atoms with Crippen molar-refractivity contribution in [1.29, 1.82) is 0 Å². The first-order valence-electron chi connectivity index (χ1n) is 3.17. The maximum atomic E-state index is 11.2. The minimum absolute atomic E-state index is 0.157. The van der Waals surface area contributed by atoms with Gasteiger partial charge in [0.1, 0.15) is 0 Å². The van der Waals surface area contributed by atoms with Crippen molar-refractivity contribution in [3.63, 3.8) is 0 Å². The maximum absolute atomic E-state index is 11.2. The monoisotopic (exact) mass is 132 g/mol. The number of hydrogen-bond donors (Lipinski definition) is 0. The van der Waals surface area contributed by atoms with E-state index in [-0.39, 0.29) is 5.92 Å². The third-order valence-corrected chi connectivity index (χ3v) is 1.76. The summed E-state index contributed by atoms with van der Waals surface area (Å²) >= 11 is 0. The van der Waals surface area contributed by atoms with Gasteiger partial charge in [-0.25, -0.2) is 4.79 Å². The minimum atomic E-state index is -0.687. The van der Waals surface area contributed by atoms with Gasteiger partial charge in [0.25, 0.3) is 0 Å². The summed E-state index contributed by atoms with van der Waals surface area (Å²) in [6, 6.07) is 0. The van der Waals surface area contributed by atoms with Gasteiger partial charge < -0.3 is 0 Å². The van der Waals surface area contributed by atoms with E-state index in [2.05, 4.69) is 4.94 Å². The summed E-state index contributed by atoms with van der Waals surface area (Å²) in [4.78, 5) is 13.5. The molecule has 0 heterocycles. The Balaban J connectivity index is 2.32. The third-order valence-electron chi connectivity index (χ3n) is 1.76. The SMILES string of the molecule is O=C(OF)C1CCCC1. The van der Waals surface area contributed by atoms with E-state index in [1.165, 1.54) is 0 Å². The van der Waals surface area contributed by atoms with E-state index in [4.69, 9.17) is 0 Å². The van der Waals surface area contributed by atoms with Crippen LogP contribution in [0.3, 0.4) is 0 Å². The molecule has 0 bridgehead atoms. The quantitative estimate of drug-likeness (QED) is 0.541. The molecular weight excluding hydrogens is 123 g/mol. The normalized spacial score (nSPS) is 20.1. The number of hydrogen-bond acceptors (Lipinski definition) is 2. The van der Waals surface area contributed by atoms with E-state index in [0.29, 0.717) is 0 Å².